The molecule has 196 valence electrons. The minimum Gasteiger partial charge on any atom is -0.334 e. The van der Waals surface area contributed by atoms with E-state index in [9.17, 15) is 19.2 Å². The summed E-state index contributed by atoms with van der Waals surface area (Å²) in [4.78, 5) is 54.4. The van der Waals surface area contributed by atoms with Gasteiger partial charge in [0.1, 0.15) is 6.04 Å². The van der Waals surface area contributed by atoms with Gasteiger partial charge in [0.05, 0.1) is 0 Å². The second-order valence-electron chi connectivity index (χ2n) is 9.25. The first-order valence-electron chi connectivity index (χ1n) is 12.3. The molecule has 5 amide bonds. The molecule has 3 N–H and O–H groups in total. The molecule has 0 saturated carbocycles. The fraction of sp³-hybridized carbons (Fsp3) is 0.250. The predicted molar refractivity (Wildman–Crippen MR) is 144 cm³/mol. The molecule has 0 spiro atoms. The SMILES string of the molecule is Cl.O=C1CCC(N2Cc3cc(CNC(=O)Nc4ccc(CCc5ccncc5)cc4)ccc3C2=O)C(=O)N1. The van der Waals surface area contributed by atoms with E-state index >= 15 is 0 Å². The molecule has 2 aromatic carbocycles. The lowest BCUT2D eigenvalue weighted by Gasteiger charge is -2.29. The van der Waals surface area contributed by atoms with Crippen LogP contribution in [0.1, 0.15) is 45.5 Å². The lowest BCUT2D eigenvalue weighted by Crippen LogP contribution is -2.52. The van der Waals surface area contributed by atoms with Gasteiger partial charge in [-0.15, -0.1) is 12.4 Å². The molecule has 3 heterocycles. The van der Waals surface area contributed by atoms with Crippen molar-refractivity contribution in [2.24, 2.45) is 0 Å². The summed E-state index contributed by atoms with van der Waals surface area (Å²) in [6.07, 6.45) is 5.95. The Morgan fingerprint density at radius 2 is 1.63 bits per heavy atom. The lowest BCUT2D eigenvalue weighted by molar-refractivity contribution is -0.136. The van der Waals surface area contributed by atoms with Crippen molar-refractivity contribution >= 4 is 41.8 Å². The Bertz CT molecular complexity index is 1350. The fourth-order valence-corrected chi connectivity index (χ4v) is 4.69. The summed E-state index contributed by atoms with van der Waals surface area (Å²) in [5.41, 5.74) is 5.31. The van der Waals surface area contributed by atoms with Crippen LogP contribution in [0.3, 0.4) is 0 Å². The summed E-state index contributed by atoms with van der Waals surface area (Å²) < 4.78 is 0. The number of carbonyl (C=O) groups is 4. The van der Waals surface area contributed by atoms with Gasteiger partial charge in [-0.25, -0.2) is 4.79 Å². The van der Waals surface area contributed by atoms with Gasteiger partial charge in [0.25, 0.3) is 5.91 Å². The summed E-state index contributed by atoms with van der Waals surface area (Å²) in [6.45, 7) is 0.587. The number of fused-ring (bicyclic) bond motifs is 1. The van der Waals surface area contributed by atoms with Gasteiger partial charge in [0.2, 0.25) is 11.8 Å². The molecule has 2 aliphatic rings. The minimum atomic E-state index is -0.646. The number of carbonyl (C=O) groups excluding carboxylic acids is 4. The first-order valence-corrected chi connectivity index (χ1v) is 12.3. The van der Waals surface area contributed by atoms with E-state index < -0.39 is 11.9 Å². The van der Waals surface area contributed by atoms with Crippen molar-refractivity contribution in [3.05, 3.63) is 94.8 Å². The average molecular weight is 534 g/mol. The van der Waals surface area contributed by atoms with Gasteiger partial charge in [0, 0.05) is 43.2 Å². The van der Waals surface area contributed by atoms with Crippen molar-refractivity contribution in [1.29, 1.82) is 0 Å². The molecule has 0 bridgehead atoms. The third-order valence-electron chi connectivity index (χ3n) is 6.70. The summed E-state index contributed by atoms with van der Waals surface area (Å²) in [5, 5.41) is 7.99. The number of rotatable bonds is 7. The number of imide groups is 1. The van der Waals surface area contributed by atoms with Crippen LogP contribution in [0.4, 0.5) is 10.5 Å². The Hall–Kier alpha value is -4.24. The van der Waals surface area contributed by atoms with Gasteiger partial charge < -0.3 is 15.5 Å². The van der Waals surface area contributed by atoms with Crippen molar-refractivity contribution < 1.29 is 19.2 Å². The van der Waals surface area contributed by atoms with Crippen LogP contribution in [-0.2, 0) is 35.5 Å². The van der Waals surface area contributed by atoms with E-state index in [0.717, 1.165) is 24.0 Å². The summed E-state index contributed by atoms with van der Waals surface area (Å²) >= 11 is 0. The Kier molecular flexibility index (Phi) is 8.38. The maximum atomic E-state index is 12.8. The topological polar surface area (TPSA) is 120 Å². The third kappa shape index (κ3) is 6.18. The van der Waals surface area contributed by atoms with Gasteiger partial charge in [-0.2, -0.15) is 0 Å². The van der Waals surface area contributed by atoms with Crippen molar-refractivity contribution in [2.45, 2.75) is 44.8 Å². The molecular weight excluding hydrogens is 506 g/mol. The smallest absolute Gasteiger partial charge is 0.319 e. The molecule has 2 aliphatic heterocycles. The number of nitrogens with zero attached hydrogens (tertiary/aromatic N) is 2. The number of nitrogens with one attached hydrogen (secondary N) is 3. The molecule has 5 rings (SSSR count). The Balaban J connectivity index is 0.00000336. The second kappa shape index (κ2) is 11.9. The molecule has 10 heteroatoms. The molecule has 38 heavy (non-hydrogen) atoms. The number of piperidine rings is 1. The van der Waals surface area contributed by atoms with Crippen molar-refractivity contribution in [2.75, 3.05) is 5.32 Å². The van der Waals surface area contributed by atoms with Crippen LogP contribution in [0.15, 0.2) is 67.0 Å². The highest BCUT2D eigenvalue weighted by Crippen LogP contribution is 2.28. The molecule has 3 aromatic rings. The zero-order valence-electron chi connectivity index (χ0n) is 20.6. The number of urea groups is 1. The van der Waals surface area contributed by atoms with Gasteiger partial charge in [-0.05, 0) is 71.8 Å². The molecule has 0 aliphatic carbocycles. The largest absolute Gasteiger partial charge is 0.334 e. The fourth-order valence-electron chi connectivity index (χ4n) is 4.69. The zero-order valence-corrected chi connectivity index (χ0v) is 21.4. The lowest BCUT2D eigenvalue weighted by atomic mass is 10.0. The highest BCUT2D eigenvalue weighted by atomic mass is 35.5. The first-order chi connectivity index (χ1) is 18.0. The third-order valence-corrected chi connectivity index (χ3v) is 6.70. The maximum absolute atomic E-state index is 12.8. The molecule has 1 fully saturated rings. The van der Waals surface area contributed by atoms with Crippen LogP contribution in [0.2, 0.25) is 0 Å². The van der Waals surface area contributed by atoms with Crippen LogP contribution < -0.4 is 16.0 Å². The van der Waals surface area contributed by atoms with Crippen LogP contribution in [0.5, 0.6) is 0 Å². The molecule has 9 nitrogen and oxygen atoms in total. The number of aromatic nitrogens is 1. The quantitative estimate of drug-likeness (QED) is 0.402. The molecule has 1 aromatic heterocycles. The molecule has 1 unspecified atom stereocenters. The summed E-state index contributed by atoms with van der Waals surface area (Å²) in [5.74, 6) is -0.960. The monoisotopic (exact) mass is 533 g/mol. The number of aryl methyl sites for hydroxylation is 2. The van der Waals surface area contributed by atoms with Crippen LogP contribution in [0, 0.1) is 0 Å². The van der Waals surface area contributed by atoms with Gasteiger partial charge >= 0.3 is 6.03 Å². The van der Waals surface area contributed by atoms with Crippen molar-refractivity contribution in [3.8, 4) is 0 Å². The second-order valence-corrected chi connectivity index (χ2v) is 9.25. The highest BCUT2D eigenvalue weighted by Gasteiger charge is 2.39. The average Bonchev–Trinajstić information content (AvgIpc) is 3.23. The minimum absolute atomic E-state index is 0. The van der Waals surface area contributed by atoms with E-state index in [0.29, 0.717) is 24.2 Å². The van der Waals surface area contributed by atoms with Gasteiger partial charge in [-0.1, -0.05) is 24.3 Å². The first kappa shape index (κ1) is 26.8. The number of amides is 5. The number of anilines is 1. The molecule has 0 radical (unpaired) electrons. The highest BCUT2D eigenvalue weighted by molar-refractivity contribution is 6.05. The molecule has 1 atom stereocenters. The molecular formula is C28H28ClN5O4. The van der Waals surface area contributed by atoms with E-state index in [4.69, 9.17) is 0 Å². The van der Waals surface area contributed by atoms with E-state index in [1.807, 2.05) is 42.5 Å². The van der Waals surface area contributed by atoms with Crippen LogP contribution in [0.25, 0.3) is 0 Å². The standard InChI is InChI=1S/C28H27N5O4.ClH/c34-25-10-9-24(26(35)32-25)33-17-21-15-20(5-8-23(21)27(33)36)16-30-28(37)31-22-6-3-18(4-7-22)1-2-19-11-13-29-14-12-19;/h3-8,11-15,24H,1-2,9-10,16-17H2,(H2,30,31,37)(H,32,34,35);1H. The number of hydrogen-bond acceptors (Lipinski definition) is 5. The number of pyridine rings is 1. The Morgan fingerprint density at radius 3 is 2.34 bits per heavy atom. The number of hydrogen-bond donors (Lipinski definition) is 3. The van der Waals surface area contributed by atoms with Gasteiger partial charge in [0.15, 0.2) is 0 Å². The normalized spacial score (nSPS) is 16.4. The van der Waals surface area contributed by atoms with E-state index in [-0.39, 0.29) is 43.2 Å². The van der Waals surface area contributed by atoms with Gasteiger partial charge in [-0.3, -0.25) is 24.7 Å². The summed E-state index contributed by atoms with van der Waals surface area (Å²) in [7, 11) is 0. The van der Waals surface area contributed by atoms with E-state index in [1.54, 1.807) is 24.5 Å². The maximum Gasteiger partial charge on any atom is 0.319 e. The van der Waals surface area contributed by atoms with Crippen molar-refractivity contribution in [3.63, 3.8) is 0 Å². The molecule has 1 saturated heterocycles. The predicted octanol–water partition coefficient (Wildman–Crippen LogP) is 3.37. The number of benzene rings is 2. The van der Waals surface area contributed by atoms with Crippen LogP contribution in [-0.4, -0.2) is 39.7 Å². The van der Waals surface area contributed by atoms with E-state index in [1.165, 1.54) is 16.0 Å². The Morgan fingerprint density at radius 1 is 0.947 bits per heavy atom. The van der Waals surface area contributed by atoms with E-state index in [2.05, 4.69) is 20.9 Å². The van der Waals surface area contributed by atoms with Crippen molar-refractivity contribution in [1.82, 2.24) is 20.5 Å². The zero-order chi connectivity index (χ0) is 25.8. The Labute approximate surface area is 226 Å². The summed E-state index contributed by atoms with van der Waals surface area (Å²) in [6, 6.07) is 16.2. The number of halogens is 1. The van der Waals surface area contributed by atoms with Crippen LogP contribution >= 0.6 is 12.4 Å².